The number of carbonyl (C=O) groups excluding carboxylic acids is 1. The third-order valence-electron chi connectivity index (χ3n) is 5.46. The SMILES string of the molecule is CCc1ccc(=O)n(C)c1-c1cc(N)c2cnc(NC(=O)[C@@H]3CC3C#N)cc2c1. The molecular formula is C22H21N5O2. The first-order valence-electron chi connectivity index (χ1n) is 9.52. The molecule has 1 fully saturated rings. The Balaban J connectivity index is 1.77. The summed E-state index contributed by atoms with van der Waals surface area (Å²) in [5, 5.41) is 13.3. The number of amides is 1. The number of pyridine rings is 2. The van der Waals surface area contributed by atoms with E-state index >= 15 is 0 Å². The number of fused-ring (bicyclic) bond motifs is 1. The molecule has 0 spiro atoms. The fourth-order valence-corrected chi connectivity index (χ4v) is 3.69. The zero-order chi connectivity index (χ0) is 20.7. The highest BCUT2D eigenvalue weighted by molar-refractivity contribution is 6.00. The number of rotatable bonds is 4. The molecule has 1 saturated carbocycles. The number of aromatic nitrogens is 2. The quantitative estimate of drug-likeness (QED) is 0.668. The van der Waals surface area contributed by atoms with Crippen molar-refractivity contribution in [1.82, 2.24) is 9.55 Å². The minimum absolute atomic E-state index is 0.0879. The van der Waals surface area contributed by atoms with Gasteiger partial charge in [-0.3, -0.25) is 9.59 Å². The lowest BCUT2D eigenvalue weighted by Crippen LogP contribution is -2.18. The van der Waals surface area contributed by atoms with Crippen molar-refractivity contribution in [2.75, 3.05) is 11.1 Å². The predicted octanol–water partition coefficient (Wildman–Crippen LogP) is 2.84. The zero-order valence-corrected chi connectivity index (χ0v) is 16.3. The van der Waals surface area contributed by atoms with E-state index < -0.39 is 0 Å². The molecule has 7 nitrogen and oxygen atoms in total. The summed E-state index contributed by atoms with van der Waals surface area (Å²) < 4.78 is 1.62. The number of benzene rings is 1. The highest BCUT2D eigenvalue weighted by Crippen LogP contribution is 2.38. The molecule has 2 aromatic heterocycles. The highest BCUT2D eigenvalue weighted by atomic mass is 16.2. The maximum absolute atomic E-state index is 12.2. The van der Waals surface area contributed by atoms with Crippen LogP contribution in [0, 0.1) is 23.2 Å². The van der Waals surface area contributed by atoms with E-state index in [4.69, 9.17) is 11.0 Å². The number of carbonyl (C=O) groups is 1. The summed E-state index contributed by atoms with van der Waals surface area (Å²) in [5.74, 6) is -0.240. The van der Waals surface area contributed by atoms with Crippen LogP contribution in [0.4, 0.5) is 11.5 Å². The lowest BCUT2D eigenvalue weighted by molar-refractivity contribution is -0.117. The van der Waals surface area contributed by atoms with Gasteiger partial charge < -0.3 is 15.6 Å². The summed E-state index contributed by atoms with van der Waals surface area (Å²) in [7, 11) is 1.75. The molecule has 1 aliphatic rings. The first-order valence-corrected chi connectivity index (χ1v) is 9.52. The van der Waals surface area contributed by atoms with Crippen LogP contribution in [0.3, 0.4) is 0 Å². The van der Waals surface area contributed by atoms with E-state index in [1.54, 1.807) is 29.9 Å². The van der Waals surface area contributed by atoms with E-state index in [2.05, 4.69) is 16.4 Å². The van der Waals surface area contributed by atoms with Crippen molar-refractivity contribution in [2.24, 2.45) is 18.9 Å². The number of nitrogens with one attached hydrogen (secondary N) is 1. The van der Waals surface area contributed by atoms with Crippen LogP contribution < -0.4 is 16.6 Å². The average molecular weight is 387 g/mol. The Hall–Kier alpha value is -3.66. The van der Waals surface area contributed by atoms with Crippen LogP contribution in [0.5, 0.6) is 0 Å². The summed E-state index contributed by atoms with van der Waals surface area (Å²) >= 11 is 0. The van der Waals surface area contributed by atoms with E-state index in [1.165, 1.54) is 0 Å². The number of hydrogen-bond acceptors (Lipinski definition) is 5. The van der Waals surface area contributed by atoms with Crippen LogP contribution in [0.1, 0.15) is 18.9 Å². The second-order valence-corrected chi connectivity index (χ2v) is 7.38. The summed E-state index contributed by atoms with van der Waals surface area (Å²) in [5.41, 5.74) is 9.44. The molecular weight excluding hydrogens is 366 g/mol. The number of anilines is 2. The van der Waals surface area contributed by atoms with Gasteiger partial charge in [0.1, 0.15) is 5.82 Å². The Kier molecular flexibility index (Phi) is 4.55. The molecule has 1 unspecified atom stereocenters. The van der Waals surface area contributed by atoms with Gasteiger partial charge in [-0.25, -0.2) is 4.98 Å². The first-order chi connectivity index (χ1) is 13.9. The van der Waals surface area contributed by atoms with Crippen molar-refractivity contribution >= 4 is 28.2 Å². The van der Waals surface area contributed by atoms with E-state index in [0.29, 0.717) is 17.9 Å². The molecule has 0 radical (unpaired) electrons. The summed E-state index contributed by atoms with van der Waals surface area (Å²) in [6.45, 7) is 2.04. The molecule has 7 heteroatoms. The minimum Gasteiger partial charge on any atom is -0.398 e. The van der Waals surface area contributed by atoms with Crippen LogP contribution in [0.15, 0.2) is 41.3 Å². The summed E-state index contributed by atoms with van der Waals surface area (Å²) in [4.78, 5) is 28.7. The van der Waals surface area contributed by atoms with Crippen molar-refractivity contribution in [1.29, 1.82) is 5.26 Å². The largest absolute Gasteiger partial charge is 0.398 e. The monoisotopic (exact) mass is 387 g/mol. The number of nitriles is 1. The van der Waals surface area contributed by atoms with Crippen molar-refractivity contribution in [3.05, 3.63) is 52.4 Å². The molecule has 0 bridgehead atoms. The van der Waals surface area contributed by atoms with Crippen LogP contribution in [0.2, 0.25) is 0 Å². The van der Waals surface area contributed by atoms with Gasteiger partial charge in [0.15, 0.2) is 0 Å². The van der Waals surface area contributed by atoms with Crippen molar-refractivity contribution in [2.45, 2.75) is 19.8 Å². The van der Waals surface area contributed by atoms with Gasteiger partial charge in [-0.1, -0.05) is 13.0 Å². The van der Waals surface area contributed by atoms with E-state index in [1.807, 2.05) is 25.1 Å². The number of nitrogen functional groups attached to an aromatic ring is 1. The molecule has 2 atom stereocenters. The normalized spacial score (nSPS) is 17.7. The van der Waals surface area contributed by atoms with Crippen LogP contribution in [-0.2, 0) is 18.3 Å². The molecule has 146 valence electrons. The Morgan fingerprint density at radius 1 is 1.38 bits per heavy atom. The van der Waals surface area contributed by atoms with Gasteiger partial charge in [-0.15, -0.1) is 0 Å². The molecule has 2 heterocycles. The van der Waals surface area contributed by atoms with Gasteiger partial charge in [0, 0.05) is 35.9 Å². The second-order valence-electron chi connectivity index (χ2n) is 7.38. The summed E-state index contributed by atoms with van der Waals surface area (Å²) in [6, 6.07) is 11.1. The number of aryl methyl sites for hydroxylation is 1. The molecule has 1 amide bonds. The fraction of sp³-hybridized carbons (Fsp3) is 0.273. The number of nitrogens with zero attached hydrogens (tertiary/aromatic N) is 3. The second kappa shape index (κ2) is 7.06. The standard InChI is InChI=1S/C22H21N5O2/c1-3-12-4-5-20(28)27(2)21(12)14-6-13-9-19(25-11-17(13)18(24)8-14)26-22(29)16-7-15(16)10-23/h4-6,8-9,11,15-16H,3,7,24H2,1-2H3,(H,25,26,29)/t15?,16-/m1/s1. The molecule has 0 saturated heterocycles. The van der Waals surface area contributed by atoms with Gasteiger partial charge in [0.2, 0.25) is 5.91 Å². The van der Waals surface area contributed by atoms with Crippen molar-refractivity contribution in [3.63, 3.8) is 0 Å². The van der Waals surface area contributed by atoms with Gasteiger partial charge in [-0.05, 0) is 42.0 Å². The highest BCUT2D eigenvalue weighted by Gasteiger charge is 2.43. The minimum atomic E-state index is -0.264. The van der Waals surface area contributed by atoms with Crippen molar-refractivity contribution < 1.29 is 4.79 Å². The maximum atomic E-state index is 12.2. The van der Waals surface area contributed by atoms with Crippen molar-refractivity contribution in [3.8, 4) is 17.3 Å². The van der Waals surface area contributed by atoms with E-state index in [9.17, 15) is 9.59 Å². The molecule has 3 N–H and O–H groups in total. The number of nitrogens with two attached hydrogens (primary N) is 1. The molecule has 1 aromatic carbocycles. The Morgan fingerprint density at radius 2 is 2.17 bits per heavy atom. The van der Waals surface area contributed by atoms with Gasteiger partial charge >= 0.3 is 0 Å². The van der Waals surface area contributed by atoms with Gasteiger partial charge in [0.25, 0.3) is 5.56 Å². The van der Waals surface area contributed by atoms with Crippen LogP contribution in [0.25, 0.3) is 22.0 Å². The van der Waals surface area contributed by atoms with Crippen LogP contribution in [-0.4, -0.2) is 15.5 Å². The molecule has 1 aliphatic carbocycles. The summed E-state index contributed by atoms with van der Waals surface area (Å²) in [6.07, 6.45) is 3.00. The number of hydrogen-bond donors (Lipinski definition) is 2. The molecule has 0 aliphatic heterocycles. The van der Waals surface area contributed by atoms with E-state index in [0.717, 1.165) is 34.0 Å². The zero-order valence-electron chi connectivity index (χ0n) is 16.3. The fourth-order valence-electron chi connectivity index (χ4n) is 3.69. The van der Waals surface area contributed by atoms with Gasteiger partial charge in [0.05, 0.1) is 23.6 Å². The Morgan fingerprint density at radius 3 is 2.86 bits per heavy atom. The Labute approximate surface area is 167 Å². The molecule has 29 heavy (non-hydrogen) atoms. The lowest BCUT2D eigenvalue weighted by Gasteiger charge is -2.15. The van der Waals surface area contributed by atoms with Gasteiger partial charge in [-0.2, -0.15) is 5.26 Å². The van der Waals surface area contributed by atoms with Crippen LogP contribution >= 0.6 is 0 Å². The molecule has 4 rings (SSSR count). The smallest absolute Gasteiger partial charge is 0.250 e. The Bertz CT molecular complexity index is 1240. The average Bonchev–Trinajstić information content (AvgIpc) is 3.49. The third kappa shape index (κ3) is 3.34. The molecule has 3 aromatic rings. The first kappa shape index (κ1) is 18.7. The topological polar surface area (TPSA) is 114 Å². The maximum Gasteiger partial charge on any atom is 0.250 e. The van der Waals surface area contributed by atoms with E-state index in [-0.39, 0.29) is 23.3 Å². The predicted molar refractivity (Wildman–Crippen MR) is 112 cm³/mol. The third-order valence-corrected chi connectivity index (χ3v) is 5.46. The lowest BCUT2D eigenvalue weighted by atomic mass is 9.99.